The molecule has 1 aliphatic rings. The summed E-state index contributed by atoms with van der Waals surface area (Å²) in [5.74, 6) is -0.779. The maximum Gasteiger partial charge on any atom is 0.495 e. The van der Waals surface area contributed by atoms with Gasteiger partial charge in [0.2, 0.25) is 0 Å². The summed E-state index contributed by atoms with van der Waals surface area (Å²) < 4.78 is 189. The normalized spacial score (nSPS) is 16.0. The van der Waals surface area contributed by atoms with E-state index in [2.05, 4.69) is 25.9 Å². The first-order valence-electron chi connectivity index (χ1n) is 28.6. The zero-order valence-corrected chi connectivity index (χ0v) is 37.3. The number of rotatable bonds is 9. The Bertz CT molecular complexity index is 3230. The molecule has 62 heavy (non-hydrogen) atoms. The Labute approximate surface area is 396 Å². The molecule has 8 aromatic rings. The standard InChI is InChI=1S/C26H26BFN2O4S.C20H14BrFN2O2S.10H2/c1-25(2)26(3,4)34-27(33-25)22-14-15-29-24-21(22)17-19(16-18-10-8-9-13-23(18)28)30(24)35(31,32)20-11-6-5-7-12-20;21-18-10-11-23-20-17(18)13-15(12-14-6-4-5-9-19(14)22)24(20)27(25,26)16-7-2-1-3-8-16;;;;;;;;;;/h5-15,17H,16H2,1-4H3;1-11,13H,12H2;10*1H/i;;9*1+1D;1+1. The minimum absolute atomic E-state index is 0. The minimum atomic E-state index is -4.02. The zero-order valence-electron chi connectivity index (χ0n) is 52.0. The lowest BCUT2D eigenvalue weighted by atomic mass is 9.78. The number of hydrogen-bond donors (Lipinski definition) is 0. The van der Waals surface area contributed by atoms with Gasteiger partial charge in [0, 0.05) is 80.0 Å². The van der Waals surface area contributed by atoms with Crippen LogP contribution in [-0.2, 0) is 42.2 Å². The fraction of sp³-hybridized carbons (Fsp3) is 0.174. The van der Waals surface area contributed by atoms with Crippen LogP contribution in [0.2, 0.25) is 0 Å². The molecule has 4 aromatic heterocycles. The summed E-state index contributed by atoms with van der Waals surface area (Å²) in [6.45, 7) is 7.83. The van der Waals surface area contributed by atoms with Crippen molar-refractivity contribution in [2.45, 2.75) is 61.5 Å². The van der Waals surface area contributed by atoms with Gasteiger partial charge in [-0.1, -0.05) is 72.8 Å². The van der Waals surface area contributed by atoms with Crippen molar-refractivity contribution in [3.63, 3.8) is 0 Å². The van der Waals surface area contributed by atoms with Crippen LogP contribution in [0.3, 0.4) is 0 Å². The molecule has 0 spiro atoms. The van der Waals surface area contributed by atoms with Crippen LogP contribution in [0.5, 0.6) is 0 Å². The molecule has 4 aromatic carbocycles. The predicted octanol–water partition coefficient (Wildman–Crippen LogP) is 11.5. The molecule has 10 nitrogen and oxygen atoms in total. The average Bonchev–Trinajstić information content (AvgIpc) is 4.05. The summed E-state index contributed by atoms with van der Waals surface area (Å²) in [6.07, 6.45) is 3.28. The van der Waals surface area contributed by atoms with Crippen LogP contribution in [0.4, 0.5) is 8.78 Å². The number of halogens is 3. The smallest absolute Gasteiger partial charge is 0.399 e. The highest BCUT2D eigenvalue weighted by Gasteiger charge is 2.52. The molecule has 0 aliphatic carbocycles. The Morgan fingerprint density at radius 1 is 0.613 bits per heavy atom. The fourth-order valence-corrected chi connectivity index (χ4v) is 10.7. The van der Waals surface area contributed by atoms with Crippen LogP contribution in [0, 0.1) is 11.6 Å². The highest BCUT2D eigenvalue weighted by atomic mass is 79.9. The van der Waals surface area contributed by atoms with Crippen molar-refractivity contribution in [2.24, 2.45) is 0 Å². The molecule has 16 heteroatoms. The largest absolute Gasteiger partial charge is 0.495 e. The maximum atomic E-state index is 14.6. The summed E-state index contributed by atoms with van der Waals surface area (Å²) >= 11 is 3.45. The highest BCUT2D eigenvalue weighted by molar-refractivity contribution is 9.10. The van der Waals surface area contributed by atoms with Gasteiger partial charge in [-0.15, -0.1) is 0 Å². The van der Waals surface area contributed by atoms with Gasteiger partial charge in [0.15, 0.2) is 11.3 Å². The maximum absolute atomic E-state index is 14.6. The van der Waals surface area contributed by atoms with Gasteiger partial charge in [0.25, 0.3) is 20.0 Å². The van der Waals surface area contributed by atoms with Gasteiger partial charge in [0.1, 0.15) is 11.6 Å². The molecule has 336 valence electrons. The molecular weight excluding hydrogens is 897 g/mol. The molecule has 1 saturated heterocycles. The van der Waals surface area contributed by atoms with E-state index in [1.165, 1.54) is 50.5 Å². The van der Waals surface area contributed by atoms with Gasteiger partial charge in [-0.2, -0.15) is 0 Å². The monoisotopic (exact) mass is 975 g/mol. The third kappa shape index (κ3) is 8.01. The average molecular weight is 977 g/mol. The molecule has 0 N–H and O–H groups in total. The number of pyridine rings is 2. The van der Waals surface area contributed by atoms with Crippen LogP contribution in [0.1, 0.15) is 78.4 Å². The van der Waals surface area contributed by atoms with Crippen molar-refractivity contribution in [1.82, 2.24) is 17.9 Å². The van der Waals surface area contributed by atoms with E-state index in [-0.39, 0.29) is 35.5 Å². The molecule has 0 unspecified atom stereocenters. The zero-order chi connectivity index (χ0) is 62.0. The Balaban J connectivity index is -0.00000118. The van der Waals surface area contributed by atoms with E-state index in [0.717, 1.165) is 4.47 Å². The lowest BCUT2D eigenvalue weighted by Crippen LogP contribution is -2.41. The molecule has 1 fully saturated rings. The molecule has 1 aliphatic heterocycles. The summed E-state index contributed by atoms with van der Waals surface area (Å²) in [6, 6.07) is 36.0. The number of hydrogen-bond acceptors (Lipinski definition) is 8. The molecule has 9 rings (SSSR count). The molecule has 5 heterocycles. The highest BCUT2D eigenvalue weighted by Crippen LogP contribution is 2.38. The van der Waals surface area contributed by atoms with Crippen molar-refractivity contribution in [2.75, 3.05) is 0 Å². The summed E-state index contributed by atoms with van der Waals surface area (Å²) in [5.41, 5.74) is 1.73. The van der Waals surface area contributed by atoms with Gasteiger partial charge in [-0.05, 0) is 121 Å². The van der Waals surface area contributed by atoms with E-state index in [9.17, 15) is 25.6 Å². The van der Waals surface area contributed by atoms with Crippen molar-refractivity contribution in [3.8, 4) is 0 Å². The van der Waals surface area contributed by atoms with Crippen molar-refractivity contribution in [3.05, 3.63) is 184 Å². The summed E-state index contributed by atoms with van der Waals surface area (Å²) in [5, 5.41) is 1.24. The van der Waals surface area contributed by atoms with E-state index >= 15 is 0 Å². The Morgan fingerprint density at radius 3 is 1.48 bits per heavy atom. The van der Waals surface area contributed by atoms with Gasteiger partial charge in [-0.3, -0.25) is 0 Å². The topological polar surface area (TPSA) is 122 Å². The van der Waals surface area contributed by atoms with Gasteiger partial charge < -0.3 is 9.31 Å². The lowest BCUT2D eigenvalue weighted by molar-refractivity contribution is 0.00578. The van der Waals surface area contributed by atoms with Gasteiger partial charge in [0.05, 0.1) is 21.0 Å². The van der Waals surface area contributed by atoms with Crippen molar-refractivity contribution >= 4 is 70.6 Å². The lowest BCUT2D eigenvalue weighted by Gasteiger charge is -2.32. The Kier molecular flexibility index (Phi) is 8.88. The fourth-order valence-electron chi connectivity index (χ4n) is 7.27. The first-order chi connectivity index (χ1) is 38.5. The van der Waals surface area contributed by atoms with E-state index in [1.54, 1.807) is 103 Å². The molecule has 0 amide bonds. The quantitative estimate of drug-likeness (QED) is 0.131. The van der Waals surface area contributed by atoms with Crippen LogP contribution >= 0.6 is 15.9 Å². The number of aromatic nitrogens is 4. The van der Waals surface area contributed by atoms with Crippen LogP contribution in [-0.4, -0.2) is 53.1 Å². The van der Waals surface area contributed by atoms with Gasteiger partial charge >= 0.3 is 7.12 Å². The van der Waals surface area contributed by atoms with E-state index in [4.69, 9.17) is 36.0 Å². The van der Waals surface area contributed by atoms with E-state index < -0.39 is 44.2 Å². The number of fused-ring (bicyclic) bond motifs is 2. The van der Waals surface area contributed by atoms with Crippen LogP contribution in [0.25, 0.3) is 22.1 Å². The second-order valence-electron chi connectivity index (χ2n) is 15.7. The minimum Gasteiger partial charge on any atom is -0.399 e. The number of benzene rings is 4. The van der Waals surface area contributed by atoms with E-state index in [0.29, 0.717) is 44.4 Å². The summed E-state index contributed by atoms with van der Waals surface area (Å²) in [7, 11) is -8.62. The first-order valence-corrected chi connectivity index (χ1v) is 23.2. The molecule has 0 bridgehead atoms. The van der Waals surface area contributed by atoms with Crippen molar-refractivity contribution < 1.29 is 63.1 Å². The Hall–Kier alpha value is -5.52. The Morgan fingerprint density at radius 2 is 1.02 bits per heavy atom. The van der Waals surface area contributed by atoms with Crippen molar-refractivity contribution in [1.29, 1.82) is 0 Å². The third-order valence-corrected chi connectivity index (χ3v) is 15.4. The van der Waals surface area contributed by atoms with E-state index in [1.807, 2.05) is 27.7 Å². The van der Waals surface area contributed by atoms with Crippen LogP contribution in [0.15, 0.2) is 160 Å². The number of nitrogens with zero attached hydrogens (tertiary/aromatic N) is 4. The molecule has 0 radical (unpaired) electrons. The molecular formula is C46H60BBrF2N4O6S2. The van der Waals surface area contributed by atoms with Gasteiger partial charge in [-0.25, -0.2) is 43.5 Å². The SMILES string of the molecule is CC1(C)OB(c2ccnc3c2cc(Cc2ccccc2F)n3S(=O)(=O)c2ccccc2)OC1(C)C.O=S(=O)(c1ccccc1)n1c(Cc2ccccc2F)cc2c(Br)ccnc21.[2HH].[2H][2H].[2H][2H].[2H][2H].[2H][2H].[2H][2H].[2H][2H].[2H][2H].[2H][2H].[2H][2H]. The summed E-state index contributed by atoms with van der Waals surface area (Å²) in [4.78, 5) is 8.99. The third-order valence-electron chi connectivity index (χ3n) is 11.2. The second kappa shape index (κ2) is 16.6. The molecule has 0 saturated carbocycles. The second-order valence-corrected chi connectivity index (χ2v) is 20.2. The molecule has 0 atom stereocenters. The predicted molar refractivity (Wildman–Crippen MR) is 260 cm³/mol. The van der Waals surface area contributed by atoms with Crippen LogP contribution < -0.4 is 5.46 Å². The first kappa shape index (κ1) is 33.1.